The van der Waals surface area contributed by atoms with Crippen molar-refractivity contribution in [3.8, 4) is 0 Å². The zero-order valence-corrected chi connectivity index (χ0v) is 22.0. The van der Waals surface area contributed by atoms with E-state index in [2.05, 4.69) is 50.5 Å². The van der Waals surface area contributed by atoms with Gasteiger partial charge in [0.25, 0.3) is 0 Å². The molecule has 2 aliphatic rings. The molecule has 1 N–H and O–H groups in total. The lowest BCUT2D eigenvalue weighted by Gasteiger charge is -2.39. The summed E-state index contributed by atoms with van der Waals surface area (Å²) in [5.74, 6) is 1.19. The molecular weight excluding hydrogens is 529 g/mol. The van der Waals surface area contributed by atoms with Crippen LogP contribution in [-0.4, -0.2) is 88.7 Å². The third-order valence-corrected chi connectivity index (χ3v) is 6.47. The van der Waals surface area contributed by atoms with E-state index < -0.39 is 0 Å². The second-order valence-electron chi connectivity index (χ2n) is 8.66. The van der Waals surface area contributed by atoms with E-state index in [9.17, 15) is 4.79 Å². The molecule has 0 saturated carbocycles. The van der Waals surface area contributed by atoms with Crippen LogP contribution < -0.4 is 5.32 Å². The molecule has 3 heterocycles. The number of likely N-dealkylation sites (tertiary alicyclic amines) is 1. The van der Waals surface area contributed by atoms with E-state index in [0.717, 1.165) is 70.2 Å². The number of halogens is 1. The van der Waals surface area contributed by atoms with Crippen molar-refractivity contribution in [2.45, 2.75) is 38.9 Å². The van der Waals surface area contributed by atoms with Crippen molar-refractivity contribution in [3.63, 3.8) is 0 Å². The number of guanidine groups is 1. The van der Waals surface area contributed by atoms with Gasteiger partial charge in [-0.25, -0.2) is 0 Å². The molecule has 2 saturated heterocycles. The van der Waals surface area contributed by atoms with Gasteiger partial charge in [0.2, 0.25) is 5.91 Å². The first-order valence-corrected chi connectivity index (χ1v) is 11.7. The van der Waals surface area contributed by atoms with Gasteiger partial charge in [-0.3, -0.25) is 19.4 Å². The summed E-state index contributed by atoms with van der Waals surface area (Å²) in [6.45, 7) is 8.82. The molecular formula is C24H36IN7O. The minimum atomic E-state index is -0.0410. The van der Waals surface area contributed by atoms with Crippen molar-refractivity contribution >= 4 is 35.8 Å². The highest BCUT2D eigenvalue weighted by Crippen LogP contribution is 2.14. The zero-order valence-electron chi connectivity index (χ0n) is 19.7. The van der Waals surface area contributed by atoms with Crippen LogP contribution in [0.15, 0.2) is 47.7 Å². The van der Waals surface area contributed by atoms with Crippen LogP contribution in [0.25, 0.3) is 0 Å². The van der Waals surface area contributed by atoms with Gasteiger partial charge in [0.05, 0.1) is 18.8 Å². The SMILES string of the molecule is CN=C(NCc1cnn(Cc2ccccc2)c1)N1CCN(C(C)C(=O)N2CCCC2)CC1.I. The lowest BCUT2D eigenvalue weighted by atomic mass is 10.2. The fourth-order valence-corrected chi connectivity index (χ4v) is 4.55. The molecule has 2 fully saturated rings. The molecule has 33 heavy (non-hydrogen) atoms. The maximum Gasteiger partial charge on any atom is 0.239 e. The van der Waals surface area contributed by atoms with Gasteiger partial charge in [0, 0.05) is 64.6 Å². The Kier molecular flexibility index (Phi) is 9.54. The largest absolute Gasteiger partial charge is 0.352 e. The third-order valence-electron chi connectivity index (χ3n) is 6.47. The molecule has 0 bridgehead atoms. The minimum absolute atomic E-state index is 0. The second-order valence-corrected chi connectivity index (χ2v) is 8.66. The molecule has 1 aromatic heterocycles. The lowest BCUT2D eigenvalue weighted by molar-refractivity contribution is -0.135. The Labute approximate surface area is 214 Å². The summed E-state index contributed by atoms with van der Waals surface area (Å²) in [6, 6.07) is 10.3. The monoisotopic (exact) mass is 565 g/mol. The third kappa shape index (κ3) is 6.69. The highest BCUT2D eigenvalue weighted by molar-refractivity contribution is 14.0. The van der Waals surface area contributed by atoms with Crippen molar-refractivity contribution in [2.24, 2.45) is 4.99 Å². The first-order chi connectivity index (χ1) is 15.6. The van der Waals surface area contributed by atoms with Crippen molar-refractivity contribution in [1.29, 1.82) is 0 Å². The molecule has 0 radical (unpaired) electrons. The summed E-state index contributed by atoms with van der Waals surface area (Å²) in [5.41, 5.74) is 2.37. The molecule has 2 aromatic rings. The Balaban J connectivity index is 0.00000306. The number of nitrogens with zero attached hydrogens (tertiary/aromatic N) is 6. The van der Waals surface area contributed by atoms with E-state index in [0.29, 0.717) is 6.54 Å². The molecule has 8 nitrogen and oxygen atoms in total. The number of benzene rings is 1. The van der Waals surface area contributed by atoms with Crippen molar-refractivity contribution in [2.75, 3.05) is 46.3 Å². The topological polar surface area (TPSA) is 69.0 Å². The maximum absolute atomic E-state index is 12.7. The van der Waals surface area contributed by atoms with E-state index >= 15 is 0 Å². The normalized spacial score (nSPS) is 18.2. The van der Waals surface area contributed by atoms with Crippen LogP contribution in [0.1, 0.15) is 30.9 Å². The number of aromatic nitrogens is 2. The standard InChI is InChI=1S/C24H35N7O.HI/c1-20(23(32)29-10-6-7-11-29)28-12-14-30(15-13-28)24(25-2)26-16-22-17-27-31(19-22)18-21-8-4-3-5-9-21;/h3-5,8-9,17,19-20H,6-7,10-16,18H2,1-2H3,(H,25,26);1H. The van der Waals surface area contributed by atoms with Gasteiger partial charge in [-0.1, -0.05) is 30.3 Å². The Bertz CT molecular complexity index is 903. The molecule has 9 heteroatoms. The Morgan fingerprint density at radius 1 is 1.03 bits per heavy atom. The van der Waals surface area contributed by atoms with Crippen molar-refractivity contribution in [1.82, 2.24) is 29.8 Å². The Morgan fingerprint density at radius 2 is 1.73 bits per heavy atom. The van der Waals surface area contributed by atoms with E-state index in [1.165, 1.54) is 5.56 Å². The van der Waals surface area contributed by atoms with E-state index in [1.807, 2.05) is 41.0 Å². The number of amides is 1. The van der Waals surface area contributed by atoms with Crippen molar-refractivity contribution < 1.29 is 4.79 Å². The Morgan fingerprint density at radius 3 is 2.39 bits per heavy atom. The summed E-state index contributed by atoms with van der Waals surface area (Å²) in [6.07, 6.45) is 6.27. The number of hydrogen-bond acceptors (Lipinski definition) is 4. The number of nitrogens with one attached hydrogen (secondary N) is 1. The van der Waals surface area contributed by atoms with Gasteiger partial charge in [-0.05, 0) is 25.3 Å². The van der Waals surface area contributed by atoms with Crippen LogP contribution >= 0.6 is 24.0 Å². The quantitative estimate of drug-likeness (QED) is 0.331. The number of carbonyl (C=O) groups excluding carboxylic acids is 1. The molecule has 2 aliphatic heterocycles. The molecule has 1 atom stereocenters. The van der Waals surface area contributed by atoms with Crippen molar-refractivity contribution in [3.05, 3.63) is 53.9 Å². The van der Waals surface area contributed by atoms with Gasteiger partial charge in [0.15, 0.2) is 5.96 Å². The van der Waals surface area contributed by atoms with Crippen LogP contribution in [0.5, 0.6) is 0 Å². The summed E-state index contributed by atoms with van der Waals surface area (Å²) >= 11 is 0. The smallest absolute Gasteiger partial charge is 0.239 e. The molecule has 180 valence electrons. The van der Waals surface area contributed by atoms with Crippen LogP contribution in [0.4, 0.5) is 0 Å². The fourth-order valence-electron chi connectivity index (χ4n) is 4.55. The lowest BCUT2D eigenvalue weighted by Crippen LogP contribution is -2.57. The van der Waals surface area contributed by atoms with Crippen LogP contribution in [-0.2, 0) is 17.9 Å². The number of piperazine rings is 1. The predicted octanol–water partition coefficient (Wildman–Crippen LogP) is 2.25. The number of aliphatic imine (C=N–C) groups is 1. The highest BCUT2D eigenvalue weighted by atomic mass is 127. The predicted molar refractivity (Wildman–Crippen MR) is 142 cm³/mol. The molecule has 0 spiro atoms. The molecule has 1 amide bonds. The number of rotatable bonds is 6. The molecule has 1 unspecified atom stereocenters. The maximum atomic E-state index is 12.7. The number of carbonyl (C=O) groups is 1. The fraction of sp³-hybridized carbons (Fsp3) is 0.542. The number of hydrogen-bond donors (Lipinski definition) is 1. The van der Waals surface area contributed by atoms with E-state index in [-0.39, 0.29) is 35.9 Å². The molecule has 1 aromatic carbocycles. The average Bonchev–Trinajstić information content (AvgIpc) is 3.52. The average molecular weight is 566 g/mol. The highest BCUT2D eigenvalue weighted by Gasteiger charge is 2.30. The van der Waals surface area contributed by atoms with Crippen LogP contribution in [0, 0.1) is 0 Å². The molecule has 4 rings (SSSR count). The van der Waals surface area contributed by atoms with Gasteiger partial charge in [-0.2, -0.15) is 5.10 Å². The van der Waals surface area contributed by atoms with Gasteiger partial charge in [-0.15, -0.1) is 24.0 Å². The second kappa shape index (κ2) is 12.4. The van der Waals surface area contributed by atoms with Crippen LogP contribution in [0.3, 0.4) is 0 Å². The Hall–Kier alpha value is -2.14. The van der Waals surface area contributed by atoms with Gasteiger partial charge >= 0.3 is 0 Å². The summed E-state index contributed by atoms with van der Waals surface area (Å²) < 4.78 is 1.96. The zero-order chi connectivity index (χ0) is 22.3. The first kappa shape index (κ1) is 25.5. The van der Waals surface area contributed by atoms with Crippen LogP contribution in [0.2, 0.25) is 0 Å². The summed E-state index contributed by atoms with van der Waals surface area (Å²) in [5, 5.41) is 7.96. The van der Waals surface area contributed by atoms with E-state index in [1.54, 1.807) is 0 Å². The van der Waals surface area contributed by atoms with E-state index in [4.69, 9.17) is 0 Å². The molecule has 0 aliphatic carbocycles. The summed E-state index contributed by atoms with van der Waals surface area (Å²) in [7, 11) is 1.83. The minimum Gasteiger partial charge on any atom is -0.352 e. The van der Waals surface area contributed by atoms with Gasteiger partial charge < -0.3 is 15.1 Å². The summed E-state index contributed by atoms with van der Waals surface area (Å²) in [4.78, 5) is 23.8. The van der Waals surface area contributed by atoms with Gasteiger partial charge in [0.1, 0.15) is 0 Å². The first-order valence-electron chi connectivity index (χ1n) is 11.7.